The summed E-state index contributed by atoms with van der Waals surface area (Å²) in [4.78, 5) is 36.9. The van der Waals surface area contributed by atoms with Crippen LogP contribution in [0.4, 0.5) is 17.1 Å². The molecule has 1 heterocycles. The Labute approximate surface area is 162 Å². The Kier molecular flexibility index (Phi) is 5.58. The number of carbonyl (C=O) groups excluding carboxylic acids is 2. The number of hydrogen-bond donors (Lipinski definition) is 1. The first-order chi connectivity index (χ1) is 13.4. The number of anilines is 2. The molecule has 0 radical (unpaired) electrons. The van der Waals surface area contributed by atoms with Crippen LogP contribution in [-0.4, -0.2) is 35.8 Å². The van der Waals surface area contributed by atoms with Gasteiger partial charge in [0.1, 0.15) is 11.4 Å². The summed E-state index contributed by atoms with van der Waals surface area (Å²) in [6.45, 7) is 3.95. The zero-order valence-corrected chi connectivity index (χ0v) is 15.7. The number of para-hydroxylation sites is 2. The van der Waals surface area contributed by atoms with Gasteiger partial charge in [0.05, 0.1) is 17.2 Å². The molecule has 8 nitrogen and oxygen atoms in total. The van der Waals surface area contributed by atoms with Crippen LogP contribution < -0.4 is 15.0 Å². The number of hydrogen-bond acceptors (Lipinski definition) is 6. The molecule has 1 amide bonds. The van der Waals surface area contributed by atoms with Crippen molar-refractivity contribution in [3.8, 4) is 5.75 Å². The van der Waals surface area contributed by atoms with E-state index in [0.717, 1.165) is 6.42 Å². The summed E-state index contributed by atoms with van der Waals surface area (Å²) in [5, 5.41) is 14.5. The van der Waals surface area contributed by atoms with E-state index >= 15 is 0 Å². The third-order valence-corrected chi connectivity index (χ3v) is 4.48. The van der Waals surface area contributed by atoms with Crippen LogP contribution in [0.3, 0.4) is 0 Å². The number of rotatable bonds is 6. The summed E-state index contributed by atoms with van der Waals surface area (Å²) in [5.41, 5.74) is 0.992. The van der Waals surface area contributed by atoms with Crippen molar-refractivity contribution in [2.75, 3.05) is 18.0 Å². The van der Waals surface area contributed by atoms with Crippen LogP contribution in [0.25, 0.3) is 0 Å². The topological polar surface area (TPSA) is 102 Å². The molecule has 1 N–H and O–H groups in total. The Hall–Kier alpha value is -3.42. The Bertz CT molecular complexity index is 928. The molecule has 0 bridgehead atoms. The summed E-state index contributed by atoms with van der Waals surface area (Å²) in [6, 6.07) is 11.4. The van der Waals surface area contributed by atoms with Gasteiger partial charge in [0.15, 0.2) is 11.9 Å². The largest absolute Gasteiger partial charge is 0.477 e. The monoisotopic (exact) mass is 383 g/mol. The number of nitrogens with one attached hydrogen (secondary N) is 1. The molecule has 0 fully saturated rings. The highest BCUT2D eigenvalue weighted by Gasteiger charge is 2.34. The van der Waals surface area contributed by atoms with E-state index in [9.17, 15) is 19.7 Å². The normalized spacial score (nSPS) is 15.4. The minimum atomic E-state index is -0.812. The molecule has 3 rings (SSSR count). The average Bonchev–Trinajstić information content (AvgIpc) is 2.70. The number of ether oxygens (including phenoxy) is 1. The Balaban J connectivity index is 2.05. The molecule has 0 aliphatic carbocycles. The maximum absolute atomic E-state index is 12.5. The van der Waals surface area contributed by atoms with Gasteiger partial charge in [-0.1, -0.05) is 19.1 Å². The van der Waals surface area contributed by atoms with Gasteiger partial charge in [0.25, 0.3) is 11.6 Å². The van der Waals surface area contributed by atoms with Gasteiger partial charge >= 0.3 is 0 Å². The smallest absolute Gasteiger partial charge is 0.293 e. The van der Waals surface area contributed by atoms with Crippen molar-refractivity contribution in [2.45, 2.75) is 26.4 Å². The van der Waals surface area contributed by atoms with Crippen molar-refractivity contribution in [3.05, 3.63) is 58.1 Å². The first kappa shape index (κ1) is 19.3. The third kappa shape index (κ3) is 3.80. The van der Waals surface area contributed by atoms with Gasteiger partial charge in [-0.25, -0.2) is 0 Å². The fourth-order valence-electron chi connectivity index (χ4n) is 3.08. The van der Waals surface area contributed by atoms with Gasteiger partial charge in [-0.15, -0.1) is 0 Å². The molecule has 0 unspecified atom stereocenters. The predicted molar refractivity (Wildman–Crippen MR) is 104 cm³/mol. The van der Waals surface area contributed by atoms with Gasteiger partial charge in [0.2, 0.25) is 0 Å². The highest BCUT2D eigenvalue weighted by atomic mass is 16.6. The number of ketones is 1. The molecule has 28 heavy (non-hydrogen) atoms. The molecule has 2 aromatic rings. The molecule has 2 aromatic carbocycles. The summed E-state index contributed by atoms with van der Waals surface area (Å²) in [5.74, 6) is -0.0615. The van der Waals surface area contributed by atoms with E-state index in [4.69, 9.17) is 4.74 Å². The predicted octanol–water partition coefficient (Wildman–Crippen LogP) is 3.22. The van der Waals surface area contributed by atoms with E-state index in [2.05, 4.69) is 5.32 Å². The van der Waals surface area contributed by atoms with Gasteiger partial charge < -0.3 is 15.0 Å². The molecule has 0 aromatic heterocycles. The van der Waals surface area contributed by atoms with Crippen molar-refractivity contribution in [3.63, 3.8) is 0 Å². The van der Waals surface area contributed by atoms with Crippen LogP contribution in [0.15, 0.2) is 42.5 Å². The molecule has 1 aliphatic rings. The average molecular weight is 383 g/mol. The van der Waals surface area contributed by atoms with E-state index in [1.165, 1.54) is 19.1 Å². The number of amides is 1. The molecule has 0 spiro atoms. The molecule has 8 heteroatoms. The highest BCUT2D eigenvalue weighted by molar-refractivity contribution is 5.96. The second-order valence-electron chi connectivity index (χ2n) is 6.49. The fourth-order valence-corrected chi connectivity index (χ4v) is 3.08. The van der Waals surface area contributed by atoms with E-state index < -0.39 is 11.0 Å². The number of nitrogens with zero attached hydrogens (tertiary/aromatic N) is 2. The molecule has 0 saturated carbocycles. The van der Waals surface area contributed by atoms with E-state index in [1.807, 2.05) is 6.92 Å². The number of carbonyl (C=O) groups is 2. The van der Waals surface area contributed by atoms with Crippen LogP contribution in [0.1, 0.15) is 30.6 Å². The number of nitro benzene ring substituents is 1. The zero-order chi connectivity index (χ0) is 20.3. The lowest BCUT2D eigenvalue weighted by molar-refractivity contribution is -0.384. The summed E-state index contributed by atoms with van der Waals surface area (Å²) in [6.07, 6.45) is -0.0231. The zero-order valence-electron chi connectivity index (χ0n) is 15.7. The molecular weight excluding hydrogens is 362 g/mol. The lowest BCUT2D eigenvalue weighted by atomic mass is 10.1. The first-order valence-corrected chi connectivity index (χ1v) is 9.02. The van der Waals surface area contributed by atoms with Crippen molar-refractivity contribution < 1.29 is 19.2 Å². The molecule has 0 saturated heterocycles. The van der Waals surface area contributed by atoms with Crippen LogP contribution in [-0.2, 0) is 4.79 Å². The van der Waals surface area contributed by atoms with Crippen molar-refractivity contribution >= 4 is 28.8 Å². The molecular formula is C20H21N3O5. The Morgan fingerprint density at radius 2 is 2.00 bits per heavy atom. The van der Waals surface area contributed by atoms with Gasteiger partial charge in [0, 0.05) is 18.2 Å². The standard InChI is InChI=1S/C20H21N3O5/c1-3-10-21-20(25)19-12-22(16-6-4-5-7-18(16)28-19)15-9-8-14(13(2)24)11-17(15)23(26)27/h4-9,11,19H,3,10,12H2,1-2H3,(H,21,25)/t19-/m1/s1. The van der Waals surface area contributed by atoms with E-state index in [0.29, 0.717) is 23.7 Å². The van der Waals surface area contributed by atoms with Crippen molar-refractivity contribution in [1.29, 1.82) is 0 Å². The minimum Gasteiger partial charge on any atom is -0.477 e. The lowest BCUT2D eigenvalue weighted by Gasteiger charge is -2.35. The number of nitro groups is 1. The van der Waals surface area contributed by atoms with Crippen molar-refractivity contribution in [1.82, 2.24) is 5.32 Å². The number of fused-ring (bicyclic) bond motifs is 1. The van der Waals surface area contributed by atoms with Crippen LogP contribution in [0.5, 0.6) is 5.75 Å². The van der Waals surface area contributed by atoms with Crippen LogP contribution in [0.2, 0.25) is 0 Å². The third-order valence-electron chi connectivity index (χ3n) is 4.48. The van der Waals surface area contributed by atoms with Gasteiger partial charge in [-0.2, -0.15) is 0 Å². The Morgan fingerprint density at radius 1 is 1.25 bits per heavy atom. The maximum Gasteiger partial charge on any atom is 0.293 e. The molecule has 146 valence electrons. The maximum atomic E-state index is 12.5. The first-order valence-electron chi connectivity index (χ1n) is 9.02. The summed E-state index contributed by atoms with van der Waals surface area (Å²) >= 11 is 0. The minimum absolute atomic E-state index is 0.118. The second kappa shape index (κ2) is 8.08. The van der Waals surface area contributed by atoms with Crippen LogP contribution in [0, 0.1) is 10.1 Å². The number of benzene rings is 2. The van der Waals surface area contributed by atoms with E-state index in [-0.39, 0.29) is 29.5 Å². The van der Waals surface area contributed by atoms with Crippen molar-refractivity contribution in [2.24, 2.45) is 0 Å². The number of Topliss-reactive ketones (excluding diaryl/α,β-unsaturated/α-hetero) is 1. The molecule has 1 aliphatic heterocycles. The summed E-state index contributed by atoms with van der Waals surface area (Å²) < 4.78 is 5.83. The quantitative estimate of drug-likeness (QED) is 0.467. The molecule has 1 atom stereocenters. The van der Waals surface area contributed by atoms with Gasteiger partial charge in [-0.05, 0) is 37.6 Å². The second-order valence-corrected chi connectivity index (χ2v) is 6.49. The van der Waals surface area contributed by atoms with Gasteiger partial charge in [-0.3, -0.25) is 19.7 Å². The fraction of sp³-hybridized carbons (Fsp3) is 0.300. The summed E-state index contributed by atoms with van der Waals surface area (Å²) in [7, 11) is 0. The Morgan fingerprint density at radius 3 is 2.68 bits per heavy atom. The lowest BCUT2D eigenvalue weighted by Crippen LogP contribution is -2.47. The SMILES string of the molecule is CCCNC(=O)[C@H]1CN(c2ccc(C(C)=O)cc2[N+](=O)[O-])c2ccccc2O1. The highest BCUT2D eigenvalue weighted by Crippen LogP contribution is 2.41. The van der Waals surface area contributed by atoms with Crippen LogP contribution >= 0.6 is 0 Å². The van der Waals surface area contributed by atoms with E-state index in [1.54, 1.807) is 35.2 Å².